The molecule has 0 unspecified atom stereocenters. The Balaban J connectivity index is 1.70. The third-order valence-corrected chi connectivity index (χ3v) is 4.23. The Morgan fingerprint density at radius 1 is 0.920 bits per heavy atom. The van der Waals surface area contributed by atoms with E-state index < -0.39 is 12.2 Å². The van der Waals surface area contributed by atoms with Crippen LogP contribution in [0.25, 0.3) is 11.1 Å². The van der Waals surface area contributed by atoms with Gasteiger partial charge in [0.05, 0.1) is 0 Å². The molecule has 1 aromatic heterocycles. The van der Waals surface area contributed by atoms with Gasteiger partial charge in [-0.25, -0.2) is 9.18 Å². The van der Waals surface area contributed by atoms with Crippen molar-refractivity contribution < 1.29 is 13.9 Å². The molecule has 25 heavy (non-hydrogen) atoms. The van der Waals surface area contributed by atoms with Gasteiger partial charge >= 0.3 is 6.09 Å². The summed E-state index contributed by atoms with van der Waals surface area (Å²) in [5, 5.41) is 2.82. The molecule has 1 saturated heterocycles. The standard InChI is InChI=1S/C20H15FN2O2/c21-17-8-6-14(7-9-17)19-18(23-20(24)25-19)16-10-15(11-22-12-16)13-4-2-1-3-5-13/h1-12,18-19H,(H,23,24)/t18-,19-/m0/s1. The van der Waals surface area contributed by atoms with Crippen LogP contribution in [0.4, 0.5) is 9.18 Å². The van der Waals surface area contributed by atoms with E-state index in [1.54, 1.807) is 24.5 Å². The first-order valence-electron chi connectivity index (χ1n) is 7.94. The Kier molecular flexibility index (Phi) is 3.90. The number of nitrogens with zero attached hydrogens (tertiary/aromatic N) is 1. The lowest BCUT2D eigenvalue weighted by molar-refractivity contribution is 0.132. The third-order valence-electron chi connectivity index (χ3n) is 4.23. The quantitative estimate of drug-likeness (QED) is 0.772. The van der Waals surface area contributed by atoms with Crippen LogP contribution >= 0.6 is 0 Å². The number of benzene rings is 2. The number of hydrogen-bond donors (Lipinski definition) is 1. The molecule has 4 nitrogen and oxygen atoms in total. The van der Waals surface area contributed by atoms with Gasteiger partial charge in [0.25, 0.3) is 0 Å². The molecule has 3 aromatic rings. The van der Waals surface area contributed by atoms with Crippen LogP contribution in [0.5, 0.6) is 0 Å². The smallest absolute Gasteiger partial charge is 0.408 e. The molecule has 4 rings (SSSR count). The normalized spacial score (nSPS) is 19.3. The molecule has 124 valence electrons. The fraction of sp³-hybridized carbons (Fsp3) is 0.100. The number of carbonyl (C=O) groups is 1. The molecule has 1 fully saturated rings. The summed E-state index contributed by atoms with van der Waals surface area (Å²) in [6.45, 7) is 0. The summed E-state index contributed by atoms with van der Waals surface area (Å²) < 4.78 is 18.6. The molecule has 1 aliphatic rings. The first-order valence-corrected chi connectivity index (χ1v) is 7.94. The lowest BCUT2D eigenvalue weighted by Gasteiger charge is -2.18. The van der Waals surface area contributed by atoms with Gasteiger partial charge < -0.3 is 10.1 Å². The molecule has 2 aromatic carbocycles. The van der Waals surface area contributed by atoms with E-state index in [2.05, 4.69) is 10.3 Å². The van der Waals surface area contributed by atoms with Crippen molar-refractivity contribution in [1.82, 2.24) is 10.3 Å². The van der Waals surface area contributed by atoms with Crippen LogP contribution in [0.1, 0.15) is 23.3 Å². The van der Waals surface area contributed by atoms with Crippen LogP contribution in [0, 0.1) is 5.82 Å². The van der Waals surface area contributed by atoms with Crippen LogP contribution in [0.2, 0.25) is 0 Å². The number of carbonyl (C=O) groups excluding carboxylic acids is 1. The molecule has 0 spiro atoms. The summed E-state index contributed by atoms with van der Waals surface area (Å²) >= 11 is 0. The Morgan fingerprint density at radius 2 is 1.68 bits per heavy atom. The van der Waals surface area contributed by atoms with Crippen molar-refractivity contribution in [1.29, 1.82) is 0 Å². The van der Waals surface area contributed by atoms with E-state index >= 15 is 0 Å². The van der Waals surface area contributed by atoms with Crippen molar-refractivity contribution in [2.24, 2.45) is 0 Å². The van der Waals surface area contributed by atoms with Crippen molar-refractivity contribution in [2.75, 3.05) is 0 Å². The molecule has 0 bridgehead atoms. The Labute approximate surface area is 144 Å². The van der Waals surface area contributed by atoms with E-state index in [1.807, 2.05) is 36.4 Å². The second-order valence-corrected chi connectivity index (χ2v) is 5.87. The molecule has 1 amide bonds. The number of amides is 1. The predicted octanol–water partition coefficient (Wildman–Crippen LogP) is 4.41. The maximum atomic E-state index is 13.2. The summed E-state index contributed by atoms with van der Waals surface area (Å²) in [5.74, 6) is -0.328. The van der Waals surface area contributed by atoms with E-state index in [-0.39, 0.29) is 11.9 Å². The number of cyclic esters (lactones) is 1. The monoisotopic (exact) mass is 334 g/mol. The van der Waals surface area contributed by atoms with E-state index in [0.29, 0.717) is 0 Å². The van der Waals surface area contributed by atoms with Gasteiger partial charge in [-0.1, -0.05) is 42.5 Å². The van der Waals surface area contributed by atoms with E-state index in [9.17, 15) is 9.18 Å². The van der Waals surface area contributed by atoms with E-state index in [4.69, 9.17) is 4.74 Å². The lowest BCUT2D eigenvalue weighted by atomic mass is 9.95. The van der Waals surface area contributed by atoms with Gasteiger partial charge in [0, 0.05) is 18.0 Å². The fourth-order valence-corrected chi connectivity index (χ4v) is 3.01. The summed E-state index contributed by atoms with van der Waals surface area (Å²) in [4.78, 5) is 16.1. The van der Waals surface area contributed by atoms with Crippen molar-refractivity contribution in [2.45, 2.75) is 12.1 Å². The van der Waals surface area contributed by atoms with E-state index in [0.717, 1.165) is 22.3 Å². The maximum Gasteiger partial charge on any atom is 0.408 e. The fourth-order valence-electron chi connectivity index (χ4n) is 3.01. The number of ether oxygens (including phenoxy) is 1. The van der Waals surface area contributed by atoms with Gasteiger partial charge in [0.2, 0.25) is 0 Å². The maximum absolute atomic E-state index is 13.2. The number of nitrogens with one attached hydrogen (secondary N) is 1. The minimum absolute atomic E-state index is 0.328. The molecule has 5 heteroatoms. The molecule has 1 aliphatic heterocycles. The Hall–Kier alpha value is -3.21. The lowest BCUT2D eigenvalue weighted by Crippen LogP contribution is -2.19. The summed E-state index contributed by atoms with van der Waals surface area (Å²) in [7, 11) is 0. The number of rotatable bonds is 3. The van der Waals surface area contributed by atoms with Crippen LogP contribution in [0.15, 0.2) is 73.1 Å². The average molecular weight is 334 g/mol. The topological polar surface area (TPSA) is 51.2 Å². The second-order valence-electron chi connectivity index (χ2n) is 5.87. The SMILES string of the molecule is O=C1N[C@@H](c2cncc(-c3ccccc3)c2)[C@H](c2ccc(F)cc2)O1. The number of aromatic nitrogens is 1. The molecular weight excluding hydrogens is 319 g/mol. The van der Waals surface area contributed by atoms with Crippen molar-refractivity contribution in [3.63, 3.8) is 0 Å². The highest BCUT2D eigenvalue weighted by Gasteiger charge is 2.36. The van der Waals surface area contributed by atoms with Gasteiger partial charge in [-0.15, -0.1) is 0 Å². The molecule has 1 N–H and O–H groups in total. The van der Waals surface area contributed by atoms with Gasteiger partial charge in [-0.05, 0) is 34.9 Å². The largest absolute Gasteiger partial charge is 0.439 e. The van der Waals surface area contributed by atoms with Crippen LogP contribution in [-0.4, -0.2) is 11.1 Å². The number of halogens is 1. The highest BCUT2D eigenvalue weighted by Crippen LogP contribution is 2.37. The summed E-state index contributed by atoms with van der Waals surface area (Å²) in [6, 6.07) is 17.5. The van der Waals surface area contributed by atoms with Gasteiger partial charge in [0.1, 0.15) is 11.9 Å². The predicted molar refractivity (Wildman–Crippen MR) is 91.2 cm³/mol. The van der Waals surface area contributed by atoms with Gasteiger partial charge in [-0.3, -0.25) is 4.98 Å². The summed E-state index contributed by atoms with van der Waals surface area (Å²) in [6.07, 6.45) is 2.47. The summed E-state index contributed by atoms with van der Waals surface area (Å²) in [5.41, 5.74) is 3.56. The van der Waals surface area contributed by atoms with E-state index in [1.165, 1.54) is 12.1 Å². The number of alkyl carbamates (subject to hydrolysis) is 1. The number of hydrogen-bond acceptors (Lipinski definition) is 3. The molecule has 0 radical (unpaired) electrons. The van der Waals surface area contributed by atoms with Crippen LogP contribution in [-0.2, 0) is 4.74 Å². The first kappa shape index (κ1) is 15.3. The zero-order chi connectivity index (χ0) is 17.2. The third kappa shape index (κ3) is 3.08. The minimum Gasteiger partial charge on any atom is -0.439 e. The Bertz CT molecular complexity index is 897. The van der Waals surface area contributed by atoms with Crippen LogP contribution in [0.3, 0.4) is 0 Å². The van der Waals surface area contributed by atoms with Crippen molar-refractivity contribution in [3.05, 3.63) is 90.0 Å². The van der Waals surface area contributed by atoms with Crippen molar-refractivity contribution in [3.8, 4) is 11.1 Å². The number of pyridine rings is 1. The highest BCUT2D eigenvalue weighted by molar-refractivity contribution is 5.71. The average Bonchev–Trinajstić information content (AvgIpc) is 3.05. The Morgan fingerprint density at radius 3 is 2.44 bits per heavy atom. The zero-order valence-electron chi connectivity index (χ0n) is 13.2. The van der Waals surface area contributed by atoms with Gasteiger partial charge in [0.15, 0.2) is 6.10 Å². The molecule has 2 atom stereocenters. The molecule has 0 saturated carbocycles. The zero-order valence-corrected chi connectivity index (χ0v) is 13.2. The van der Waals surface area contributed by atoms with Crippen molar-refractivity contribution >= 4 is 6.09 Å². The molecule has 2 heterocycles. The van der Waals surface area contributed by atoms with Crippen LogP contribution < -0.4 is 5.32 Å². The van der Waals surface area contributed by atoms with Gasteiger partial charge in [-0.2, -0.15) is 0 Å². The first-order chi connectivity index (χ1) is 12.2. The molecule has 0 aliphatic carbocycles. The minimum atomic E-state index is -0.527. The molecular formula is C20H15FN2O2. The second kappa shape index (κ2) is 6.36. The highest BCUT2D eigenvalue weighted by atomic mass is 19.1.